The van der Waals surface area contributed by atoms with E-state index >= 15 is 0 Å². The molecule has 1 aromatic carbocycles. The molecule has 26 heavy (non-hydrogen) atoms. The fourth-order valence-corrected chi connectivity index (χ4v) is 4.79. The van der Waals surface area contributed by atoms with Crippen molar-refractivity contribution in [3.8, 4) is 0 Å². The second kappa shape index (κ2) is 8.97. The number of hydrogen-bond donors (Lipinski definition) is 3. The molecule has 1 fully saturated rings. The SMILES string of the molecule is O=C(CCNS(=O)(=O)c1ccc2c(c1)CCCC2)NCC1CCCNC1. The van der Waals surface area contributed by atoms with Crippen LogP contribution in [0.25, 0.3) is 0 Å². The highest BCUT2D eigenvalue weighted by atomic mass is 32.2. The number of fused-ring (bicyclic) bond motifs is 1. The quantitative estimate of drug-likeness (QED) is 0.667. The molecule has 0 spiro atoms. The molecule has 3 N–H and O–H groups in total. The second-order valence-electron chi connectivity index (χ2n) is 7.30. The average Bonchev–Trinajstić information content (AvgIpc) is 2.66. The third kappa shape index (κ3) is 5.28. The number of nitrogens with one attached hydrogen (secondary N) is 3. The zero-order chi connectivity index (χ0) is 18.4. The first-order chi connectivity index (χ1) is 12.5. The Labute approximate surface area is 156 Å². The summed E-state index contributed by atoms with van der Waals surface area (Å²) in [5, 5.41) is 6.22. The van der Waals surface area contributed by atoms with Gasteiger partial charge in [0.2, 0.25) is 15.9 Å². The molecule has 1 saturated heterocycles. The topological polar surface area (TPSA) is 87.3 Å². The van der Waals surface area contributed by atoms with Gasteiger partial charge in [-0.3, -0.25) is 4.79 Å². The Morgan fingerprint density at radius 3 is 2.73 bits per heavy atom. The molecular weight excluding hydrogens is 350 g/mol. The van der Waals surface area contributed by atoms with E-state index in [0.29, 0.717) is 17.4 Å². The summed E-state index contributed by atoms with van der Waals surface area (Å²) < 4.78 is 27.5. The van der Waals surface area contributed by atoms with E-state index in [2.05, 4.69) is 15.4 Å². The number of sulfonamides is 1. The predicted molar refractivity (Wildman–Crippen MR) is 101 cm³/mol. The van der Waals surface area contributed by atoms with Gasteiger partial charge in [-0.15, -0.1) is 0 Å². The number of carbonyl (C=O) groups excluding carboxylic acids is 1. The van der Waals surface area contributed by atoms with Crippen molar-refractivity contribution in [1.82, 2.24) is 15.4 Å². The van der Waals surface area contributed by atoms with Crippen molar-refractivity contribution in [3.05, 3.63) is 29.3 Å². The molecule has 1 aromatic rings. The zero-order valence-electron chi connectivity index (χ0n) is 15.2. The molecular formula is C19H29N3O3S. The van der Waals surface area contributed by atoms with Crippen LogP contribution in [-0.2, 0) is 27.7 Å². The molecule has 3 rings (SSSR count). The number of piperidine rings is 1. The van der Waals surface area contributed by atoms with Gasteiger partial charge in [0.25, 0.3) is 0 Å². The Balaban J connectivity index is 1.45. The van der Waals surface area contributed by atoms with Crippen LogP contribution >= 0.6 is 0 Å². The van der Waals surface area contributed by atoms with Gasteiger partial charge in [0.05, 0.1) is 4.90 Å². The first-order valence-corrected chi connectivity index (χ1v) is 11.1. The lowest BCUT2D eigenvalue weighted by Gasteiger charge is -2.22. The highest BCUT2D eigenvalue weighted by Gasteiger charge is 2.18. The second-order valence-corrected chi connectivity index (χ2v) is 9.07. The minimum atomic E-state index is -3.56. The van der Waals surface area contributed by atoms with Gasteiger partial charge in [0.1, 0.15) is 0 Å². The van der Waals surface area contributed by atoms with E-state index in [1.807, 2.05) is 6.07 Å². The number of benzene rings is 1. The zero-order valence-corrected chi connectivity index (χ0v) is 16.0. The molecule has 1 amide bonds. The lowest BCUT2D eigenvalue weighted by Crippen LogP contribution is -2.39. The van der Waals surface area contributed by atoms with Gasteiger partial charge in [-0.1, -0.05) is 6.07 Å². The van der Waals surface area contributed by atoms with E-state index < -0.39 is 10.0 Å². The van der Waals surface area contributed by atoms with Crippen LogP contribution in [0.15, 0.2) is 23.1 Å². The molecule has 6 nitrogen and oxygen atoms in total. The number of aryl methyl sites for hydroxylation is 2. The van der Waals surface area contributed by atoms with Crippen LogP contribution in [0.4, 0.5) is 0 Å². The Hall–Kier alpha value is -1.44. The van der Waals surface area contributed by atoms with Crippen molar-refractivity contribution >= 4 is 15.9 Å². The molecule has 1 aliphatic heterocycles. The predicted octanol–water partition coefficient (Wildman–Crippen LogP) is 1.35. The number of rotatable bonds is 7. The van der Waals surface area contributed by atoms with Gasteiger partial charge in [-0.05, 0) is 80.8 Å². The van der Waals surface area contributed by atoms with Crippen molar-refractivity contribution in [2.24, 2.45) is 5.92 Å². The molecule has 0 aromatic heterocycles. The highest BCUT2D eigenvalue weighted by Crippen LogP contribution is 2.24. The standard InChI is InChI=1S/C19H29N3O3S/c23-19(21-14-15-4-3-10-20-13-15)9-11-22-26(24,25)18-8-7-16-5-1-2-6-17(16)12-18/h7-8,12,15,20,22H,1-6,9-11,13-14H2,(H,21,23). The molecule has 0 radical (unpaired) electrons. The van der Waals surface area contributed by atoms with Crippen molar-refractivity contribution in [2.75, 3.05) is 26.2 Å². The maximum atomic E-state index is 12.5. The normalized spacial score (nSPS) is 20.4. The summed E-state index contributed by atoms with van der Waals surface area (Å²) in [4.78, 5) is 12.2. The maximum Gasteiger partial charge on any atom is 0.240 e. The van der Waals surface area contributed by atoms with E-state index in [9.17, 15) is 13.2 Å². The first-order valence-electron chi connectivity index (χ1n) is 9.63. The van der Waals surface area contributed by atoms with Gasteiger partial charge in [0, 0.05) is 19.5 Å². The third-order valence-electron chi connectivity index (χ3n) is 5.26. The lowest BCUT2D eigenvalue weighted by atomic mass is 9.92. The molecule has 7 heteroatoms. The van der Waals surface area contributed by atoms with Crippen LogP contribution in [0.2, 0.25) is 0 Å². The van der Waals surface area contributed by atoms with Crippen LogP contribution in [0.3, 0.4) is 0 Å². The van der Waals surface area contributed by atoms with Crippen LogP contribution in [0.5, 0.6) is 0 Å². The molecule has 0 bridgehead atoms. The summed E-state index contributed by atoms with van der Waals surface area (Å²) in [6.07, 6.45) is 6.67. The van der Waals surface area contributed by atoms with E-state index in [1.165, 1.54) is 12.0 Å². The fraction of sp³-hybridized carbons (Fsp3) is 0.632. The molecule has 1 atom stereocenters. The van der Waals surface area contributed by atoms with Crippen LogP contribution < -0.4 is 15.4 Å². The summed E-state index contributed by atoms with van der Waals surface area (Å²) >= 11 is 0. The van der Waals surface area contributed by atoms with Crippen molar-refractivity contribution in [1.29, 1.82) is 0 Å². The number of amides is 1. The number of hydrogen-bond acceptors (Lipinski definition) is 4. The van der Waals surface area contributed by atoms with Gasteiger partial charge < -0.3 is 10.6 Å². The van der Waals surface area contributed by atoms with Gasteiger partial charge in [-0.2, -0.15) is 0 Å². The number of carbonyl (C=O) groups is 1. The van der Waals surface area contributed by atoms with E-state index in [0.717, 1.165) is 50.8 Å². The summed E-state index contributed by atoms with van der Waals surface area (Å²) in [5.41, 5.74) is 2.39. The van der Waals surface area contributed by atoms with Crippen molar-refractivity contribution in [3.63, 3.8) is 0 Å². The van der Waals surface area contributed by atoms with Gasteiger partial charge in [-0.25, -0.2) is 13.1 Å². The summed E-state index contributed by atoms with van der Waals surface area (Å²) in [5.74, 6) is 0.364. The Bertz CT molecular complexity index is 728. The van der Waals surface area contributed by atoms with E-state index in [-0.39, 0.29) is 18.9 Å². The molecule has 1 aliphatic carbocycles. The summed E-state index contributed by atoms with van der Waals surface area (Å²) in [6.45, 7) is 2.76. The molecule has 1 heterocycles. The Kier molecular flexibility index (Phi) is 6.67. The molecule has 144 valence electrons. The first kappa shape index (κ1) is 19.3. The monoisotopic (exact) mass is 379 g/mol. The third-order valence-corrected chi connectivity index (χ3v) is 6.72. The van der Waals surface area contributed by atoms with E-state index in [4.69, 9.17) is 0 Å². The molecule has 2 aliphatic rings. The van der Waals surface area contributed by atoms with Crippen LogP contribution in [0, 0.1) is 5.92 Å². The molecule has 0 saturated carbocycles. The maximum absolute atomic E-state index is 12.5. The Morgan fingerprint density at radius 2 is 1.96 bits per heavy atom. The minimum Gasteiger partial charge on any atom is -0.356 e. The summed E-state index contributed by atoms with van der Waals surface area (Å²) in [7, 11) is -3.56. The summed E-state index contributed by atoms with van der Waals surface area (Å²) in [6, 6.07) is 5.38. The Morgan fingerprint density at radius 1 is 1.15 bits per heavy atom. The van der Waals surface area contributed by atoms with Gasteiger partial charge in [0.15, 0.2) is 0 Å². The molecule has 1 unspecified atom stereocenters. The van der Waals surface area contributed by atoms with Gasteiger partial charge >= 0.3 is 0 Å². The largest absolute Gasteiger partial charge is 0.356 e. The highest BCUT2D eigenvalue weighted by molar-refractivity contribution is 7.89. The van der Waals surface area contributed by atoms with Crippen LogP contribution in [-0.4, -0.2) is 40.5 Å². The fourth-order valence-electron chi connectivity index (χ4n) is 3.70. The lowest BCUT2D eigenvalue weighted by molar-refractivity contribution is -0.121. The average molecular weight is 380 g/mol. The smallest absolute Gasteiger partial charge is 0.240 e. The van der Waals surface area contributed by atoms with Crippen LogP contribution in [0.1, 0.15) is 43.2 Å². The van der Waals surface area contributed by atoms with E-state index in [1.54, 1.807) is 12.1 Å². The van der Waals surface area contributed by atoms with Crippen molar-refractivity contribution in [2.45, 2.75) is 49.8 Å². The van der Waals surface area contributed by atoms with Crippen molar-refractivity contribution < 1.29 is 13.2 Å². The minimum absolute atomic E-state index is 0.108.